The lowest BCUT2D eigenvalue weighted by atomic mass is 9.86. The van der Waals surface area contributed by atoms with Crippen LogP contribution in [0, 0.1) is 5.92 Å². The molecule has 2 aliphatic heterocycles. The van der Waals surface area contributed by atoms with Gasteiger partial charge < -0.3 is 19.9 Å². The smallest absolute Gasteiger partial charge is 0.230 e. The fourth-order valence-electron chi connectivity index (χ4n) is 5.22. The summed E-state index contributed by atoms with van der Waals surface area (Å²) in [7, 11) is 1.77. The highest BCUT2D eigenvalue weighted by atomic mass is 16.5. The summed E-state index contributed by atoms with van der Waals surface area (Å²) in [5, 5.41) is 3.49. The van der Waals surface area contributed by atoms with E-state index in [1.54, 1.807) is 13.3 Å². The third-order valence-corrected chi connectivity index (χ3v) is 7.09. The van der Waals surface area contributed by atoms with E-state index in [1.165, 1.54) is 24.9 Å². The Balaban J connectivity index is 1.49. The van der Waals surface area contributed by atoms with Crippen molar-refractivity contribution >= 4 is 28.8 Å². The molecular formula is C25H32N4O2. The van der Waals surface area contributed by atoms with Crippen LogP contribution in [-0.4, -0.2) is 37.2 Å². The number of nitrogens with zero attached hydrogens (tertiary/aromatic N) is 3. The molecule has 6 nitrogen and oxygen atoms in total. The third-order valence-electron chi connectivity index (χ3n) is 7.09. The minimum absolute atomic E-state index is 0.0520. The summed E-state index contributed by atoms with van der Waals surface area (Å²) in [6.07, 6.45) is 9.56. The largest absolute Gasteiger partial charge is 0.381 e. The number of pyridine rings is 1. The van der Waals surface area contributed by atoms with Crippen LogP contribution in [0.1, 0.15) is 50.5 Å². The van der Waals surface area contributed by atoms with Crippen molar-refractivity contribution in [3.8, 4) is 0 Å². The number of hydrogen-bond acceptors (Lipinski definition) is 5. The molecule has 0 unspecified atom stereocenters. The Morgan fingerprint density at radius 1 is 1.10 bits per heavy atom. The monoisotopic (exact) mass is 420 g/mol. The maximum absolute atomic E-state index is 13.8. The summed E-state index contributed by atoms with van der Waals surface area (Å²) < 4.78 is 5.52. The summed E-state index contributed by atoms with van der Waals surface area (Å²) in [6, 6.07) is 10.5. The zero-order chi connectivity index (χ0) is 21.2. The number of methoxy groups -OCH3 is 1. The van der Waals surface area contributed by atoms with Crippen molar-refractivity contribution in [2.24, 2.45) is 5.92 Å². The second-order valence-electron chi connectivity index (χ2n) is 9.02. The quantitative estimate of drug-likeness (QED) is 0.768. The average molecular weight is 421 g/mol. The molecule has 0 bridgehead atoms. The molecule has 1 aromatic heterocycles. The van der Waals surface area contributed by atoms with Crippen LogP contribution in [0.25, 0.3) is 0 Å². The molecule has 1 N–H and O–H groups in total. The molecule has 1 saturated carbocycles. The Bertz CT molecular complexity index is 933. The highest BCUT2D eigenvalue weighted by molar-refractivity contribution is 6.00. The van der Waals surface area contributed by atoms with Gasteiger partial charge >= 0.3 is 0 Å². The summed E-state index contributed by atoms with van der Waals surface area (Å²) in [5.41, 5.74) is 4.19. The first kappa shape index (κ1) is 20.3. The van der Waals surface area contributed by atoms with Gasteiger partial charge in [0.1, 0.15) is 5.82 Å². The summed E-state index contributed by atoms with van der Waals surface area (Å²) in [4.78, 5) is 22.8. The summed E-state index contributed by atoms with van der Waals surface area (Å²) in [6.45, 7) is 2.72. The number of amides is 1. The van der Waals surface area contributed by atoms with Gasteiger partial charge in [-0.2, -0.15) is 0 Å². The Labute approximate surface area is 184 Å². The van der Waals surface area contributed by atoms with Crippen LogP contribution in [0.15, 0.2) is 36.5 Å². The SMILES string of the molecule is COC1CCC(C(=O)N2Cc3cccnc3Nc3ccc(N4CCCCC4)cc32)CC1. The van der Waals surface area contributed by atoms with Crippen LogP contribution in [0.5, 0.6) is 0 Å². The summed E-state index contributed by atoms with van der Waals surface area (Å²) in [5.74, 6) is 1.12. The number of anilines is 4. The normalized spacial score (nSPS) is 23.4. The van der Waals surface area contributed by atoms with Crippen LogP contribution >= 0.6 is 0 Å². The van der Waals surface area contributed by atoms with Crippen LogP contribution in [0.3, 0.4) is 0 Å². The zero-order valence-electron chi connectivity index (χ0n) is 18.3. The molecule has 1 saturated heterocycles. The standard InChI is InChI=1S/C25H32N4O2/c1-31-21-10-7-18(8-11-21)25(30)29-17-19-6-5-13-26-24(19)27-22-12-9-20(16-23(22)29)28-14-3-2-4-15-28/h5-6,9,12-13,16,18,21H,2-4,7-8,10-11,14-15,17H2,1H3,(H,26,27). The molecule has 2 aromatic rings. The Morgan fingerprint density at radius 3 is 2.68 bits per heavy atom. The second-order valence-corrected chi connectivity index (χ2v) is 9.02. The molecule has 3 aliphatic rings. The highest BCUT2D eigenvalue weighted by Crippen LogP contribution is 2.40. The van der Waals surface area contributed by atoms with Crippen molar-refractivity contribution in [3.05, 3.63) is 42.1 Å². The lowest BCUT2D eigenvalue weighted by molar-refractivity contribution is -0.124. The van der Waals surface area contributed by atoms with Gasteiger partial charge in [-0.15, -0.1) is 0 Å². The lowest BCUT2D eigenvalue weighted by Crippen LogP contribution is -2.38. The van der Waals surface area contributed by atoms with E-state index in [0.717, 1.165) is 61.5 Å². The minimum atomic E-state index is 0.0520. The molecule has 3 heterocycles. The van der Waals surface area contributed by atoms with E-state index >= 15 is 0 Å². The molecule has 0 atom stereocenters. The van der Waals surface area contributed by atoms with Crippen molar-refractivity contribution in [3.63, 3.8) is 0 Å². The van der Waals surface area contributed by atoms with Gasteiger partial charge in [0.25, 0.3) is 0 Å². The van der Waals surface area contributed by atoms with Gasteiger partial charge in [0, 0.05) is 43.6 Å². The molecule has 31 heavy (non-hydrogen) atoms. The average Bonchev–Trinajstić information content (AvgIpc) is 3.00. The van der Waals surface area contributed by atoms with Gasteiger partial charge in [0.05, 0.1) is 24.0 Å². The number of ether oxygens (including phenoxy) is 1. The van der Waals surface area contributed by atoms with Crippen molar-refractivity contribution in [1.29, 1.82) is 0 Å². The number of fused-ring (bicyclic) bond motifs is 2. The van der Waals surface area contributed by atoms with Gasteiger partial charge in [-0.05, 0) is 69.2 Å². The molecule has 5 rings (SSSR count). The van der Waals surface area contributed by atoms with E-state index in [2.05, 4.69) is 39.5 Å². The van der Waals surface area contributed by atoms with Crippen molar-refractivity contribution in [1.82, 2.24) is 4.98 Å². The fraction of sp³-hybridized carbons (Fsp3) is 0.520. The number of rotatable bonds is 3. The van der Waals surface area contributed by atoms with E-state index in [-0.39, 0.29) is 17.9 Å². The van der Waals surface area contributed by atoms with E-state index in [9.17, 15) is 4.79 Å². The van der Waals surface area contributed by atoms with E-state index in [1.807, 2.05) is 11.0 Å². The maximum atomic E-state index is 13.8. The molecule has 6 heteroatoms. The topological polar surface area (TPSA) is 57.7 Å². The minimum Gasteiger partial charge on any atom is -0.381 e. The van der Waals surface area contributed by atoms with Crippen molar-refractivity contribution in [2.75, 3.05) is 35.3 Å². The fourth-order valence-corrected chi connectivity index (χ4v) is 5.22. The predicted octanol–water partition coefficient (Wildman–Crippen LogP) is 4.87. The first-order chi connectivity index (χ1) is 15.2. The number of benzene rings is 1. The number of aromatic nitrogens is 1. The Hall–Kier alpha value is -2.60. The Morgan fingerprint density at radius 2 is 1.90 bits per heavy atom. The second kappa shape index (κ2) is 8.87. The summed E-state index contributed by atoms with van der Waals surface area (Å²) >= 11 is 0. The van der Waals surface area contributed by atoms with Gasteiger partial charge in [-0.3, -0.25) is 4.79 Å². The lowest BCUT2D eigenvalue weighted by Gasteiger charge is -2.33. The zero-order valence-corrected chi connectivity index (χ0v) is 18.3. The number of carbonyl (C=O) groups excluding carboxylic acids is 1. The van der Waals surface area contributed by atoms with Crippen molar-refractivity contribution in [2.45, 2.75) is 57.6 Å². The van der Waals surface area contributed by atoms with Gasteiger partial charge in [-0.1, -0.05) is 6.07 Å². The first-order valence-corrected chi connectivity index (χ1v) is 11.7. The molecule has 164 valence electrons. The van der Waals surface area contributed by atoms with E-state index in [4.69, 9.17) is 4.74 Å². The van der Waals surface area contributed by atoms with Gasteiger partial charge in [-0.25, -0.2) is 4.98 Å². The number of hydrogen-bond donors (Lipinski definition) is 1. The number of carbonyl (C=O) groups is 1. The molecular weight excluding hydrogens is 388 g/mol. The van der Waals surface area contributed by atoms with Crippen LogP contribution in [0.2, 0.25) is 0 Å². The molecule has 2 fully saturated rings. The van der Waals surface area contributed by atoms with E-state index in [0.29, 0.717) is 6.54 Å². The number of nitrogens with one attached hydrogen (secondary N) is 1. The van der Waals surface area contributed by atoms with Crippen LogP contribution in [0.4, 0.5) is 22.9 Å². The Kier molecular flexibility index (Phi) is 5.81. The van der Waals surface area contributed by atoms with Crippen LogP contribution in [-0.2, 0) is 16.1 Å². The van der Waals surface area contributed by atoms with E-state index < -0.39 is 0 Å². The van der Waals surface area contributed by atoms with Crippen LogP contribution < -0.4 is 15.1 Å². The molecule has 1 aromatic carbocycles. The molecule has 0 spiro atoms. The van der Waals surface area contributed by atoms with Gasteiger partial charge in [0.2, 0.25) is 5.91 Å². The molecule has 1 aliphatic carbocycles. The predicted molar refractivity (Wildman–Crippen MR) is 124 cm³/mol. The molecule has 1 amide bonds. The molecule has 0 radical (unpaired) electrons. The third kappa shape index (κ3) is 4.13. The maximum Gasteiger partial charge on any atom is 0.230 e. The first-order valence-electron chi connectivity index (χ1n) is 11.7. The number of piperidine rings is 1. The van der Waals surface area contributed by atoms with Gasteiger partial charge in [0.15, 0.2) is 0 Å². The van der Waals surface area contributed by atoms with Crippen molar-refractivity contribution < 1.29 is 9.53 Å². The highest BCUT2D eigenvalue weighted by Gasteiger charge is 2.33.